The van der Waals surface area contributed by atoms with Gasteiger partial charge in [-0.25, -0.2) is 4.39 Å². The lowest BCUT2D eigenvalue weighted by molar-refractivity contribution is -0.383. The molecule has 2 aromatic rings. The van der Waals surface area contributed by atoms with Crippen molar-refractivity contribution in [3.63, 3.8) is 0 Å². The Balaban J connectivity index is 2.12. The van der Waals surface area contributed by atoms with Crippen LogP contribution in [0, 0.1) is 21.8 Å². The van der Waals surface area contributed by atoms with Crippen molar-refractivity contribution < 1.29 is 9.31 Å². The Morgan fingerprint density at radius 3 is 3.00 bits per heavy atom. The van der Waals surface area contributed by atoms with Crippen LogP contribution in [0.15, 0.2) is 24.4 Å². The molecule has 98 valence electrons. The Kier molecular flexibility index (Phi) is 2.77. The van der Waals surface area contributed by atoms with Gasteiger partial charge in [-0.15, -0.1) is 0 Å². The predicted octanol–water partition coefficient (Wildman–Crippen LogP) is 3.10. The highest BCUT2D eigenvalue weighted by Crippen LogP contribution is 2.34. The maximum absolute atomic E-state index is 14.0. The van der Waals surface area contributed by atoms with Crippen LogP contribution in [0.2, 0.25) is 0 Å². The van der Waals surface area contributed by atoms with Gasteiger partial charge in [0.05, 0.1) is 22.1 Å². The molecule has 3 rings (SSSR count). The molecule has 1 aromatic carbocycles. The molecule has 1 aliphatic rings. The van der Waals surface area contributed by atoms with Crippen molar-refractivity contribution in [2.45, 2.75) is 12.8 Å². The summed E-state index contributed by atoms with van der Waals surface area (Å²) >= 11 is 0. The summed E-state index contributed by atoms with van der Waals surface area (Å²) in [5, 5.41) is 14.3. The van der Waals surface area contributed by atoms with Crippen molar-refractivity contribution in [1.82, 2.24) is 4.98 Å². The minimum atomic E-state index is -0.626. The summed E-state index contributed by atoms with van der Waals surface area (Å²) < 4.78 is 14.0. The summed E-state index contributed by atoms with van der Waals surface area (Å²) in [6.07, 6.45) is 3.80. The fourth-order valence-electron chi connectivity index (χ4n) is 2.08. The molecule has 0 bridgehead atoms. The molecule has 1 aliphatic carbocycles. The highest BCUT2D eigenvalue weighted by molar-refractivity contribution is 5.97. The van der Waals surface area contributed by atoms with Gasteiger partial charge in [-0.05, 0) is 30.9 Å². The van der Waals surface area contributed by atoms with Gasteiger partial charge in [0, 0.05) is 12.7 Å². The molecular weight excluding hydrogens is 249 g/mol. The van der Waals surface area contributed by atoms with Crippen molar-refractivity contribution in [2.24, 2.45) is 5.92 Å². The number of nitro groups is 1. The minimum Gasteiger partial charge on any atom is -0.381 e. The molecule has 5 nitrogen and oxygen atoms in total. The number of halogens is 1. The molecule has 0 radical (unpaired) electrons. The lowest BCUT2D eigenvalue weighted by atomic mass is 10.1. The number of pyridine rings is 1. The van der Waals surface area contributed by atoms with E-state index < -0.39 is 10.7 Å². The van der Waals surface area contributed by atoms with E-state index in [2.05, 4.69) is 10.3 Å². The van der Waals surface area contributed by atoms with Gasteiger partial charge in [-0.1, -0.05) is 0 Å². The third kappa shape index (κ3) is 2.21. The quantitative estimate of drug-likeness (QED) is 0.678. The lowest BCUT2D eigenvalue weighted by Crippen LogP contribution is -2.07. The van der Waals surface area contributed by atoms with Gasteiger partial charge < -0.3 is 5.32 Å². The standard InChI is InChI=1S/C13H12FN3O2/c14-10-6-11(17(18)19)9-2-1-5-15-12(9)13(10)16-7-8-3-4-8/h1-2,5-6,8,16H,3-4,7H2. The molecule has 0 amide bonds. The van der Waals surface area contributed by atoms with E-state index in [1.807, 2.05) is 0 Å². The van der Waals surface area contributed by atoms with Crippen molar-refractivity contribution in [1.29, 1.82) is 0 Å². The highest BCUT2D eigenvalue weighted by Gasteiger charge is 2.24. The Labute approximate surface area is 108 Å². The molecule has 1 saturated carbocycles. The number of hydrogen-bond donors (Lipinski definition) is 1. The molecule has 0 aliphatic heterocycles. The zero-order chi connectivity index (χ0) is 13.4. The molecule has 6 heteroatoms. The number of rotatable bonds is 4. The summed E-state index contributed by atoms with van der Waals surface area (Å²) in [5.41, 5.74) is 0.320. The van der Waals surface area contributed by atoms with Crippen LogP contribution in [0.1, 0.15) is 12.8 Å². The number of nitrogens with zero attached hydrogens (tertiary/aromatic N) is 2. The second-order valence-electron chi connectivity index (χ2n) is 4.73. The zero-order valence-corrected chi connectivity index (χ0v) is 10.1. The maximum atomic E-state index is 14.0. The second-order valence-corrected chi connectivity index (χ2v) is 4.73. The average Bonchev–Trinajstić information content (AvgIpc) is 3.20. The molecule has 0 atom stereocenters. The molecule has 0 unspecified atom stereocenters. The highest BCUT2D eigenvalue weighted by atomic mass is 19.1. The topological polar surface area (TPSA) is 68.1 Å². The monoisotopic (exact) mass is 261 g/mol. The fourth-order valence-corrected chi connectivity index (χ4v) is 2.08. The first-order valence-electron chi connectivity index (χ1n) is 6.12. The number of hydrogen-bond acceptors (Lipinski definition) is 4. The predicted molar refractivity (Wildman–Crippen MR) is 69.6 cm³/mol. The third-order valence-corrected chi connectivity index (χ3v) is 3.28. The number of nitro benzene ring substituents is 1. The molecular formula is C13H12FN3O2. The number of aromatic nitrogens is 1. The van der Waals surface area contributed by atoms with E-state index in [4.69, 9.17) is 0 Å². The van der Waals surface area contributed by atoms with Gasteiger partial charge in [0.2, 0.25) is 0 Å². The molecule has 1 heterocycles. The van der Waals surface area contributed by atoms with E-state index in [-0.39, 0.29) is 11.4 Å². The Hall–Kier alpha value is -2.24. The minimum absolute atomic E-state index is 0.252. The van der Waals surface area contributed by atoms with Crippen molar-refractivity contribution in [3.05, 3.63) is 40.3 Å². The van der Waals surface area contributed by atoms with E-state index >= 15 is 0 Å². The van der Waals surface area contributed by atoms with E-state index in [1.54, 1.807) is 12.1 Å². The summed E-state index contributed by atoms with van der Waals surface area (Å²) in [6.45, 7) is 0.681. The van der Waals surface area contributed by atoms with Crippen LogP contribution in [-0.2, 0) is 0 Å². The molecule has 0 spiro atoms. The summed E-state index contributed by atoms with van der Waals surface area (Å²) in [5.74, 6) is -0.0492. The van der Waals surface area contributed by atoms with E-state index in [0.29, 0.717) is 23.4 Å². The third-order valence-electron chi connectivity index (χ3n) is 3.28. The second kappa shape index (κ2) is 4.46. The molecule has 19 heavy (non-hydrogen) atoms. The fraction of sp³-hybridized carbons (Fsp3) is 0.308. The smallest absolute Gasteiger partial charge is 0.281 e. The van der Waals surface area contributed by atoms with Crippen molar-refractivity contribution in [3.8, 4) is 0 Å². The number of fused-ring (bicyclic) bond motifs is 1. The normalized spacial score (nSPS) is 14.6. The number of benzene rings is 1. The van der Waals surface area contributed by atoms with Crippen LogP contribution >= 0.6 is 0 Å². The van der Waals surface area contributed by atoms with Crippen LogP contribution in [0.3, 0.4) is 0 Å². The molecule has 1 N–H and O–H groups in total. The number of anilines is 1. The van der Waals surface area contributed by atoms with Gasteiger partial charge in [-0.3, -0.25) is 15.1 Å². The summed E-state index contributed by atoms with van der Waals surface area (Å²) in [4.78, 5) is 14.4. The van der Waals surface area contributed by atoms with E-state index in [1.165, 1.54) is 6.20 Å². The van der Waals surface area contributed by atoms with Crippen LogP contribution < -0.4 is 5.32 Å². The Morgan fingerprint density at radius 2 is 2.32 bits per heavy atom. The van der Waals surface area contributed by atoms with Gasteiger partial charge >= 0.3 is 0 Å². The Bertz CT molecular complexity index is 656. The van der Waals surface area contributed by atoms with Gasteiger partial charge in [0.25, 0.3) is 5.69 Å². The lowest BCUT2D eigenvalue weighted by Gasteiger charge is -2.10. The SMILES string of the molecule is O=[N+]([O-])c1cc(F)c(NCC2CC2)c2ncccc12. The van der Waals surface area contributed by atoms with Crippen LogP contribution in [0.4, 0.5) is 15.8 Å². The zero-order valence-electron chi connectivity index (χ0n) is 10.1. The van der Waals surface area contributed by atoms with Crippen LogP contribution in [-0.4, -0.2) is 16.5 Å². The van der Waals surface area contributed by atoms with E-state index in [9.17, 15) is 14.5 Å². The summed E-state index contributed by atoms with van der Waals surface area (Å²) in [7, 11) is 0. The van der Waals surface area contributed by atoms with Gasteiger partial charge in [0.1, 0.15) is 5.52 Å². The number of nitrogens with one attached hydrogen (secondary N) is 1. The summed E-state index contributed by atoms with van der Waals surface area (Å²) in [6, 6.07) is 4.15. The van der Waals surface area contributed by atoms with E-state index in [0.717, 1.165) is 18.9 Å². The number of non-ortho nitro benzene ring substituents is 1. The first-order chi connectivity index (χ1) is 9.16. The van der Waals surface area contributed by atoms with Gasteiger partial charge in [-0.2, -0.15) is 0 Å². The molecule has 1 fully saturated rings. The van der Waals surface area contributed by atoms with Crippen LogP contribution in [0.5, 0.6) is 0 Å². The first kappa shape index (κ1) is 11.8. The van der Waals surface area contributed by atoms with Crippen molar-refractivity contribution >= 4 is 22.3 Å². The van der Waals surface area contributed by atoms with Crippen molar-refractivity contribution in [2.75, 3.05) is 11.9 Å². The van der Waals surface area contributed by atoms with Gasteiger partial charge in [0.15, 0.2) is 5.82 Å². The molecule has 0 saturated heterocycles. The first-order valence-corrected chi connectivity index (χ1v) is 6.12. The largest absolute Gasteiger partial charge is 0.381 e. The maximum Gasteiger partial charge on any atom is 0.281 e. The Morgan fingerprint density at radius 1 is 1.53 bits per heavy atom. The average molecular weight is 261 g/mol. The van der Waals surface area contributed by atoms with Crippen LogP contribution in [0.25, 0.3) is 10.9 Å². The molecule has 1 aromatic heterocycles.